The van der Waals surface area contributed by atoms with Gasteiger partial charge in [0.25, 0.3) is 10.0 Å². The predicted octanol–water partition coefficient (Wildman–Crippen LogP) is 2.12. The predicted molar refractivity (Wildman–Crippen MR) is 99.5 cm³/mol. The number of nitrogens with zero attached hydrogens (tertiary/aromatic N) is 1. The monoisotopic (exact) mass is 412 g/mol. The van der Waals surface area contributed by atoms with Gasteiger partial charge in [-0.3, -0.25) is 0 Å². The lowest BCUT2D eigenvalue weighted by molar-refractivity contribution is 0.0606. The van der Waals surface area contributed by atoms with Gasteiger partial charge in [0, 0.05) is 18.7 Å². The Morgan fingerprint density at radius 3 is 2.52 bits per heavy atom. The van der Waals surface area contributed by atoms with E-state index in [1.54, 1.807) is 4.31 Å². The average molecular weight is 413 g/mol. The van der Waals surface area contributed by atoms with E-state index in [1.165, 1.54) is 20.3 Å². The fourth-order valence-electron chi connectivity index (χ4n) is 2.80. The summed E-state index contributed by atoms with van der Waals surface area (Å²) in [5.41, 5.74) is 0. The number of thiophene rings is 1. The quantitative estimate of drug-likeness (QED) is 0.690. The fourth-order valence-corrected chi connectivity index (χ4v) is 6.19. The topological polar surface area (TPSA) is 84.9 Å². The number of ether oxygens (including phenoxy) is 2. The molecular formula is C15H25ClN2O5S2. The first-order valence-corrected chi connectivity index (χ1v) is 10.2. The van der Waals surface area contributed by atoms with Crippen LogP contribution >= 0.6 is 23.7 Å². The zero-order valence-electron chi connectivity index (χ0n) is 14.6. The van der Waals surface area contributed by atoms with Crippen LogP contribution in [0.2, 0.25) is 0 Å². The molecule has 1 aromatic rings. The van der Waals surface area contributed by atoms with Gasteiger partial charge in [-0.15, -0.1) is 23.7 Å². The van der Waals surface area contributed by atoms with Crippen LogP contribution in [0.3, 0.4) is 0 Å². The van der Waals surface area contributed by atoms with Gasteiger partial charge < -0.3 is 14.8 Å². The summed E-state index contributed by atoms with van der Waals surface area (Å²) in [6, 6.07) is 1.39. The second kappa shape index (κ2) is 9.72. The summed E-state index contributed by atoms with van der Waals surface area (Å²) in [7, 11) is -1.07. The van der Waals surface area contributed by atoms with Crippen molar-refractivity contribution in [3.05, 3.63) is 10.9 Å². The van der Waals surface area contributed by atoms with Crippen LogP contribution in [-0.2, 0) is 14.8 Å². The van der Waals surface area contributed by atoms with Crippen LogP contribution in [0.15, 0.2) is 10.3 Å². The number of halogens is 1. The van der Waals surface area contributed by atoms with Gasteiger partial charge in [0.2, 0.25) is 0 Å². The molecule has 144 valence electrons. The maximum atomic E-state index is 13.2. The van der Waals surface area contributed by atoms with Gasteiger partial charge in [0.15, 0.2) is 9.96 Å². The maximum absolute atomic E-state index is 13.2. The highest BCUT2D eigenvalue weighted by molar-refractivity contribution is 7.91. The van der Waals surface area contributed by atoms with Crippen molar-refractivity contribution in [3.63, 3.8) is 0 Å². The zero-order chi connectivity index (χ0) is 17.7. The molecule has 1 fully saturated rings. The van der Waals surface area contributed by atoms with E-state index in [0.29, 0.717) is 6.54 Å². The Kier molecular flexibility index (Phi) is 8.62. The minimum atomic E-state index is -3.74. The van der Waals surface area contributed by atoms with E-state index in [1.807, 2.05) is 6.92 Å². The van der Waals surface area contributed by atoms with Crippen LogP contribution in [0.25, 0.3) is 0 Å². The Morgan fingerprint density at radius 2 is 2.00 bits per heavy atom. The molecule has 10 heteroatoms. The first-order chi connectivity index (χ1) is 11.5. The molecule has 0 unspecified atom stereocenters. The van der Waals surface area contributed by atoms with Gasteiger partial charge in [-0.05, 0) is 32.4 Å². The van der Waals surface area contributed by atoms with E-state index >= 15 is 0 Å². The van der Waals surface area contributed by atoms with Crippen LogP contribution in [0, 0.1) is 0 Å². The number of carbonyl (C=O) groups excluding carboxylic acids is 1. The molecule has 7 nitrogen and oxygen atoms in total. The van der Waals surface area contributed by atoms with Gasteiger partial charge in [-0.25, -0.2) is 13.2 Å². The molecule has 0 aromatic carbocycles. The molecule has 0 spiro atoms. The Hall–Kier alpha value is -0.870. The molecule has 0 atom stereocenters. The third kappa shape index (κ3) is 4.85. The standard InChI is InChI=1S/C15H24N2O5S2.ClH/c1-4-9-17(11-5-7-16-8-6-11)24(19,20)15-12(21-2)10-13(23-15)14(18)22-3;/h10-11,16H,4-9H2,1-3H3;1H. The zero-order valence-corrected chi connectivity index (χ0v) is 17.1. The van der Waals surface area contributed by atoms with Gasteiger partial charge in [-0.1, -0.05) is 6.92 Å². The van der Waals surface area contributed by atoms with Crippen molar-refractivity contribution in [3.8, 4) is 5.75 Å². The number of rotatable bonds is 7. The number of sulfonamides is 1. The van der Waals surface area contributed by atoms with Crippen LogP contribution in [0.1, 0.15) is 35.9 Å². The highest BCUT2D eigenvalue weighted by Crippen LogP contribution is 2.37. The van der Waals surface area contributed by atoms with Crippen LogP contribution < -0.4 is 10.1 Å². The molecule has 0 amide bonds. The molecule has 0 bridgehead atoms. The number of piperidine rings is 1. The van der Waals surface area contributed by atoms with Crippen molar-refractivity contribution < 1.29 is 22.7 Å². The second-order valence-electron chi connectivity index (χ2n) is 5.55. The summed E-state index contributed by atoms with van der Waals surface area (Å²) < 4.78 is 37.9. The Labute approximate surface area is 159 Å². The van der Waals surface area contributed by atoms with Crippen LogP contribution in [0.4, 0.5) is 0 Å². The third-order valence-electron chi connectivity index (χ3n) is 3.98. The molecule has 1 aliphatic rings. The van der Waals surface area contributed by atoms with Gasteiger partial charge in [0.1, 0.15) is 4.88 Å². The number of nitrogens with one attached hydrogen (secondary N) is 1. The summed E-state index contributed by atoms with van der Waals surface area (Å²) in [5, 5.41) is 3.25. The smallest absolute Gasteiger partial charge is 0.348 e. The van der Waals surface area contributed by atoms with Crippen LogP contribution in [0.5, 0.6) is 5.75 Å². The lowest BCUT2D eigenvalue weighted by Crippen LogP contribution is -2.46. The van der Waals surface area contributed by atoms with E-state index in [4.69, 9.17) is 4.74 Å². The first kappa shape index (κ1) is 22.2. The Balaban J connectivity index is 0.00000312. The van der Waals surface area contributed by atoms with E-state index in [0.717, 1.165) is 43.7 Å². The minimum absolute atomic E-state index is 0. The van der Waals surface area contributed by atoms with Gasteiger partial charge >= 0.3 is 5.97 Å². The molecule has 1 aromatic heterocycles. The summed E-state index contributed by atoms with van der Waals surface area (Å²) in [4.78, 5) is 12.0. The number of methoxy groups -OCH3 is 2. The van der Waals surface area contributed by atoms with Crippen molar-refractivity contribution in [2.75, 3.05) is 33.9 Å². The third-order valence-corrected chi connectivity index (χ3v) is 7.52. The van der Waals surface area contributed by atoms with Gasteiger partial charge in [0.05, 0.1) is 14.2 Å². The van der Waals surface area contributed by atoms with E-state index < -0.39 is 16.0 Å². The highest BCUT2D eigenvalue weighted by atomic mass is 35.5. The molecule has 2 heterocycles. The minimum Gasteiger partial charge on any atom is -0.494 e. The molecule has 1 N–H and O–H groups in total. The fraction of sp³-hybridized carbons (Fsp3) is 0.667. The SMILES string of the molecule is CCCN(C1CCNCC1)S(=O)(=O)c1sc(C(=O)OC)cc1OC.Cl. The highest BCUT2D eigenvalue weighted by Gasteiger charge is 2.36. The van der Waals surface area contributed by atoms with Crippen LogP contribution in [-0.4, -0.2) is 58.6 Å². The number of hydrogen-bond donors (Lipinski definition) is 1. The summed E-state index contributed by atoms with van der Waals surface area (Å²) in [5.74, 6) is -0.376. The molecule has 0 aliphatic carbocycles. The molecular weight excluding hydrogens is 388 g/mol. The molecule has 0 radical (unpaired) electrons. The largest absolute Gasteiger partial charge is 0.494 e. The van der Waals surface area contributed by atoms with E-state index in [-0.39, 0.29) is 33.3 Å². The normalized spacial score (nSPS) is 15.7. The molecule has 25 heavy (non-hydrogen) atoms. The Morgan fingerprint density at radius 1 is 1.36 bits per heavy atom. The second-order valence-corrected chi connectivity index (χ2v) is 8.69. The molecule has 1 aliphatic heterocycles. The summed E-state index contributed by atoms with van der Waals surface area (Å²) >= 11 is 0.897. The summed E-state index contributed by atoms with van der Waals surface area (Å²) in [6.07, 6.45) is 2.27. The molecule has 1 saturated heterocycles. The van der Waals surface area contributed by atoms with Crippen molar-refractivity contribution in [1.29, 1.82) is 0 Å². The number of hydrogen-bond acceptors (Lipinski definition) is 7. The Bertz CT molecular complexity index is 671. The lowest BCUT2D eigenvalue weighted by Gasteiger charge is -2.33. The molecule has 0 saturated carbocycles. The van der Waals surface area contributed by atoms with Crippen molar-refractivity contribution in [1.82, 2.24) is 9.62 Å². The first-order valence-electron chi connectivity index (χ1n) is 7.94. The van der Waals surface area contributed by atoms with Crippen molar-refractivity contribution in [2.45, 2.75) is 36.4 Å². The summed E-state index contributed by atoms with van der Waals surface area (Å²) in [6.45, 7) is 4.00. The van der Waals surface area contributed by atoms with E-state index in [9.17, 15) is 13.2 Å². The number of esters is 1. The lowest BCUT2D eigenvalue weighted by atomic mass is 10.1. The molecule has 2 rings (SSSR count). The van der Waals surface area contributed by atoms with Gasteiger partial charge in [-0.2, -0.15) is 4.31 Å². The average Bonchev–Trinajstić information content (AvgIpc) is 3.05. The van der Waals surface area contributed by atoms with Crippen molar-refractivity contribution >= 4 is 39.7 Å². The van der Waals surface area contributed by atoms with Crippen molar-refractivity contribution in [2.24, 2.45) is 0 Å². The maximum Gasteiger partial charge on any atom is 0.348 e. The van der Waals surface area contributed by atoms with E-state index in [2.05, 4.69) is 10.1 Å². The number of carbonyl (C=O) groups is 1.